The molecule has 0 N–H and O–H groups in total. The SMILES string of the molecule is Cc1cccc(OCCOc2ccc([N+](=O)[O-])cc2/C=N\n2cnnc2)c1. The highest BCUT2D eigenvalue weighted by atomic mass is 16.6. The van der Waals surface area contributed by atoms with Gasteiger partial charge in [-0.1, -0.05) is 12.1 Å². The molecule has 0 bridgehead atoms. The van der Waals surface area contributed by atoms with Crippen LogP contribution in [0.4, 0.5) is 5.69 Å². The Morgan fingerprint density at radius 2 is 1.93 bits per heavy atom. The fraction of sp³-hybridized carbons (Fsp3) is 0.167. The standard InChI is InChI=1S/C18H17N5O4/c1-14-3-2-4-17(9-14)26-7-8-27-18-6-5-16(23(24)25)10-15(18)11-21-22-12-19-20-13-22/h2-6,9-13H,7-8H2,1H3/b21-11-. The van der Waals surface area contributed by atoms with Crippen molar-refractivity contribution in [3.8, 4) is 11.5 Å². The lowest BCUT2D eigenvalue weighted by Gasteiger charge is -2.10. The van der Waals surface area contributed by atoms with Crippen LogP contribution < -0.4 is 9.47 Å². The zero-order valence-corrected chi connectivity index (χ0v) is 14.6. The fourth-order valence-electron chi connectivity index (χ4n) is 2.28. The van der Waals surface area contributed by atoms with Crippen molar-refractivity contribution in [1.82, 2.24) is 14.9 Å². The molecule has 0 unspecified atom stereocenters. The van der Waals surface area contributed by atoms with Gasteiger partial charge in [0.05, 0.1) is 11.1 Å². The number of ether oxygens (including phenoxy) is 2. The van der Waals surface area contributed by atoms with Gasteiger partial charge in [0.1, 0.15) is 37.4 Å². The van der Waals surface area contributed by atoms with Crippen molar-refractivity contribution in [2.45, 2.75) is 6.92 Å². The lowest BCUT2D eigenvalue weighted by Crippen LogP contribution is -2.10. The maximum atomic E-state index is 11.0. The topological polar surface area (TPSA) is 105 Å². The quantitative estimate of drug-likeness (QED) is 0.262. The van der Waals surface area contributed by atoms with E-state index in [2.05, 4.69) is 15.3 Å². The summed E-state index contributed by atoms with van der Waals surface area (Å²) in [5.41, 5.74) is 1.52. The van der Waals surface area contributed by atoms with Crippen molar-refractivity contribution >= 4 is 11.9 Å². The van der Waals surface area contributed by atoms with Gasteiger partial charge in [-0.2, -0.15) is 5.10 Å². The van der Waals surface area contributed by atoms with Crippen molar-refractivity contribution < 1.29 is 14.4 Å². The molecule has 3 aromatic rings. The summed E-state index contributed by atoms with van der Waals surface area (Å²) in [7, 11) is 0. The number of aryl methyl sites for hydroxylation is 1. The summed E-state index contributed by atoms with van der Waals surface area (Å²) in [5, 5.41) is 22.4. The number of hydrogen-bond donors (Lipinski definition) is 0. The van der Waals surface area contributed by atoms with E-state index in [1.807, 2.05) is 31.2 Å². The van der Waals surface area contributed by atoms with Gasteiger partial charge in [0, 0.05) is 17.7 Å². The number of hydrogen-bond acceptors (Lipinski definition) is 7. The average Bonchev–Trinajstić information content (AvgIpc) is 3.17. The van der Waals surface area contributed by atoms with Crippen LogP contribution in [0.3, 0.4) is 0 Å². The molecule has 0 saturated heterocycles. The van der Waals surface area contributed by atoms with Crippen molar-refractivity contribution in [3.05, 3.63) is 76.4 Å². The first-order chi connectivity index (χ1) is 13.1. The largest absolute Gasteiger partial charge is 0.490 e. The van der Waals surface area contributed by atoms with Crippen molar-refractivity contribution in [2.24, 2.45) is 5.10 Å². The number of benzene rings is 2. The molecule has 0 aliphatic rings. The monoisotopic (exact) mass is 367 g/mol. The second kappa shape index (κ2) is 8.56. The number of nitrogens with zero attached hydrogens (tertiary/aromatic N) is 5. The highest BCUT2D eigenvalue weighted by molar-refractivity contribution is 5.84. The molecule has 1 heterocycles. The second-order valence-electron chi connectivity index (χ2n) is 5.58. The van der Waals surface area contributed by atoms with E-state index in [1.54, 1.807) is 0 Å². The molecule has 3 rings (SSSR count). The van der Waals surface area contributed by atoms with E-state index < -0.39 is 4.92 Å². The fourth-order valence-corrected chi connectivity index (χ4v) is 2.28. The molecule has 0 aliphatic carbocycles. The first-order valence-electron chi connectivity index (χ1n) is 8.11. The zero-order valence-electron chi connectivity index (χ0n) is 14.6. The van der Waals surface area contributed by atoms with Gasteiger partial charge < -0.3 is 9.47 Å². The normalized spacial score (nSPS) is 10.9. The molecule has 0 atom stereocenters. The van der Waals surface area contributed by atoms with E-state index in [-0.39, 0.29) is 12.3 Å². The molecule has 9 nitrogen and oxygen atoms in total. The molecular weight excluding hydrogens is 350 g/mol. The van der Waals surface area contributed by atoms with Gasteiger partial charge in [0.15, 0.2) is 0 Å². The van der Waals surface area contributed by atoms with Crippen LogP contribution in [-0.4, -0.2) is 39.2 Å². The molecule has 0 aliphatic heterocycles. The van der Waals surface area contributed by atoms with Gasteiger partial charge in [-0.3, -0.25) is 10.1 Å². The molecule has 2 aromatic carbocycles. The molecule has 0 amide bonds. The summed E-state index contributed by atoms with van der Waals surface area (Å²) < 4.78 is 12.7. The highest BCUT2D eigenvalue weighted by Crippen LogP contribution is 2.23. The summed E-state index contributed by atoms with van der Waals surface area (Å²) in [4.78, 5) is 10.5. The number of nitro groups is 1. The highest BCUT2D eigenvalue weighted by Gasteiger charge is 2.11. The summed E-state index contributed by atoms with van der Waals surface area (Å²) in [6.07, 6.45) is 4.27. The predicted molar refractivity (Wildman–Crippen MR) is 98.3 cm³/mol. The molecule has 0 fully saturated rings. The molecule has 27 heavy (non-hydrogen) atoms. The van der Waals surface area contributed by atoms with Crippen LogP contribution >= 0.6 is 0 Å². The van der Waals surface area contributed by atoms with Gasteiger partial charge in [-0.05, 0) is 30.7 Å². The average molecular weight is 367 g/mol. The number of aromatic nitrogens is 3. The number of rotatable bonds is 8. The zero-order chi connectivity index (χ0) is 19.1. The molecular formula is C18H17N5O4. The smallest absolute Gasteiger partial charge is 0.270 e. The number of nitro benzene ring substituents is 1. The summed E-state index contributed by atoms with van der Waals surface area (Å²) >= 11 is 0. The minimum atomic E-state index is -0.471. The van der Waals surface area contributed by atoms with Crippen LogP contribution in [0.15, 0.2) is 60.2 Å². The van der Waals surface area contributed by atoms with Gasteiger partial charge in [-0.15, -0.1) is 10.2 Å². The molecule has 9 heteroatoms. The molecule has 0 spiro atoms. The van der Waals surface area contributed by atoms with Crippen LogP contribution in [0, 0.1) is 17.0 Å². The van der Waals surface area contributed by atoms with Crippen LogP contribution in [-0.2, 0) is 0 Å². The van der Waals surface area contributed by atoms with E-state index in [9.17, 15) is 10.1 Å². The van der Waals surface area contributed by atoms with Crippen LogP contribution in [0.5, 0.6) is 11.5 Å². The third kappa shape index (κ3) is 5.11. The molecule has 0 saturated carbocycles. The van der Waals surface area contributed by atoms with Gasteiger partial charge in [0.2, 0.25) is 0 Å². The maximum Gasteiger partial charge on any atom is 0.270 e. The maximum absolute atomic E-state index is 11.0. The summed E-state index contributed by atoms with van der Waals surface area (Å²) in [6, 6.07) is 12.0. The Morgan fingerprint density at radius 3 is 2.67 bits per heavy atom. The molecule has 1 aromatic heterocycles. The van der Waals surface area contributed by atoms with Crippen molar-refractivity contribution in [2.75, 3.05) is 13.2 Å². The van der Waals surface area contributed by atoms with E-state index in [1.165, 1.54) is 41.7 Å². The van der Waals surface area contributed by atoms with Crippen LogP contribution in [0.2, 0.25) is 0 Å². The van der Waals surface area contributed by atoms with Gasteiger partial charge >= 0.3 is 0 Å². The Hall–Kier alpha value is -3.75. The van der Waals surface area contributed by atoms with Crippen LogP contribution in [0.25, 0.3) is 0 Å². The van der Waals surface area contributed by atoms with Gasteiger partial charge in [0.25, 0.3) is 5.69 Å². The Kier molecular flexibility index (Phi) is 5.73. The Balaban J connectivity index is 1.67. The minimum Gasteiger partial charge on any atom is -0.490 e. The Morgan fingerprint density at radius 1 is 1.15 bits per heavy atom. The molecule has 138 valence electrons. The lowest BCUT2D eigenvalue weighted by atomic mass is 10.2. The Bertz CT molecular complexity index is 941. The van der Waals surface area contributed by atoms with E-state index >= 15 is 0 Å². The van der Waals surface area contributed by atoms with Crippen molar-refractivity contribution in [3.63, 3.8) is 0 Å². The first-order valence-corrected chi connectivity index (χ1v) is 8.11. The first kappa shape index (κ1) is 18.1. The van der Waals surface area contributed by atoms with Crippen LogP contribution in [0.1, 0.15) is 11.1 Å². The Labute approximate surface area is 155 Å². The van der Waals surface area contributed by atoms with E-state index in [4.69, 9.17) is 9.47 Å². The predicted octanol–water partition coefficient (Wildman–Crippen LogP) is 2.83. The van der Waals surface area contributed by atoms with Gasteiger partial charge in [-0.25, -0.2) is 4.68 Å². The lowest BCUT2D eigenvalue weighted by molar-refractivity contribution is -0.384. The third-order valence-electron chi connectivity index (χ3n) is 3.54. The van der Waals surface area contributed by atoms with Crippen molar-refractivity contribution in [1.29, 1.82) is 0 Å². The number of non-ortho nitro benzene ring substituents is 1. The third-order valence-corrected chi connectivity index (χ3v) is 3.54. The summed E-state index contributed by atoms with van der Waals surface area (Å²) in [5.74, 6) is 1.22. The minimum absolute atomic E-state index is 0.0523. The van der Waals surface area contributed by atoms with E-state index in [0.29, 0.717) is 17.9 Å². The van der Waals surface area contributed by atoms with E-state index in [0.717, 1.165) is 11.3 Å². The second-order valence-corrected chi connectivity index (χ2v) is 5.58. The summed E-state index contributed by atoms with van der Waals surface area (Å²) in [6.45, 7) is 2.60. The molecule has 0 radical (unpaired) electrons.